The van der Waals surface area contributed by atoms with Gasteiger partial charge in [-0.1, -0.05) is 34.8 Å². The molecule has 0 aliphatic carbocycles. The molecule has 2 nitrogen and oxygen atoms in total. The lowest BCUT2D eigenvalue weighted by molar-refractivity contribution is -0.137. The normalized spacial score (nSPS) is 13.0. The van der Waals surface area contributed by atoms with Crippen LogP contribution in [0.1, 0.15) is 24.3 Å². The van der Waals surface area contributed by atoms with Crippen molar-refractivity contribution in [3.05, 3.63) is 56.8 Å². The number of benzene rings is 1. The SMILES string of the molecule is C[C@H](Oc1ccc(Cl)cc1Cl)c1ncc(C(F)(F)F)cc1Cl. The maximum absolute atomic E-state index is 12.6. The second-order valence-corrected chi connectivity index (χ2v) is 5.67. The van der Waals surface area contributed by atoms with Gasteiger partial charge in [0.15, 0.2) is 0 Å². The molecule has 0 unspecified atom stereocenters. The Labute approximate surface area is 139 Å². The van der Waals surface area contributed by atoms with E-state index in [9.17, 15) is 13.2 Å². The van der Waals surface area contributed by atoms with Gasteiger partial charge in [-0.05, 0) is 31.2 Å². The molecule has 0 N–H and O–H groups in total. The van der Waals surface area contributed by atoms with Crippen molar-refractivity contribution in [3.8, 4) is 5.75 Å². The first-order valence-corrected chi connectivity index (χ1v) is 7.16. The van der Waals surface area contributed by atoms with Gasteiger partial charge in [-0.2, -0.15) is 13.2 Å². The molecule has 1 aromatic heterocycles. The van der Waals surface area contributed by atoms with Crippen molar-refractivity contribution in [1.82, 2.24) is 4.98 Å². The number of pyridine rings is 1. The van der Waals surface area contributed by atoms with Gasteiger partial charge in [0.25, 0.3) is 0 Å². The zero-order valence-electron chi connectivity index (χ0n) is 11.1. The summed E-state index contributed by atoms with van der Waals surface area (Å²) >= 11 is 17.6. The predicted molar refractivity (Wildman–Crippen MR) is 79.8 cm³/mol. The third-order valence-electron chi connectivity index (χ3n) is 2.78. The summed E-state index contributed by atoms with van der Waals surface area (Å²) in [6, 6.07) is 5.44. The molecule has 0 fully saturated rings. The molecule has 0 saturated heterocycles. The first-order valence-electron chi connectivity index (χ1n) is 6.03. The molecule has 8 heteroatoms. The summed E-state index contributed by atoms with van der Waals surface area (Å²) in [6.07, 6.45) is -4.48. The number of nitrogens with zero attached hydrogens (tertiary/aromatic N) is 1. The van der Waals surface area contributed by atoms with Crippen molar-refractivity contribution < 1.29 is 17.9 Å². The van der Waals surface area contributed by atoms with Gasteiger partial charge in [0.1, 0.15) is 11.9 Å². The summed E-state index contributed by atoms with van der Waals surface area (Å²) in [5.74, 6) is 0.330. The minimum absolute atomic E-state index is 0.132. The first-order chi connectivity index (χ1) is 10.2. The van der Waals surface area contributed by atoms with Gasteiger partial charge in [-0.3, -0.25) is 4.98 Å². The van der Waals surface area contributed by atoms with Crippen LogP contribution in [0.25, 0.3) is 0 Å². The van der Waals surface area contributed by atoms with E-state index in [4.69, 9.17) is 39.5 Å². The molecule has 0 amide bonds. The zero-order chi connectivity index (χ0) is 16.5. The molecule has 2 aromatic rings. The van der Waals surface area contributed by atoms with Gasteiger partial charge in [0.05, 0.1) is 21.3 Å². The Morgan fingerprint density at radius 3 is 2.32 bits per heavy atom. The van der Waals surface area contributed by atoms with Crippen molar-refractivity contribution in [2.75, 3.05) is 0 Å². The van der Waals surface area contributed by atoms with Crippen molar-refractivity contribution in [3.63, 3.8) is 0 Å². The molecular weight excluding hydrogens is 362 g/mol. The number of ether oxygens (including phenoxy) is 1. The molecule has 1 heterocycles. The Morgan fingerprint density at radius 1 is 1.09 bits per heavy atom. The third-order valence-corrected chi connectivity index (χ3v) is 3.61. The highest BCUT2D eigenvalue weighted by Gasteiger charge is 2.32. The number of hydrogen-bond acceptors (Lipinski definition) is 2. The standard InChI is InChI=1S/C14H9Cl3F3NO/c1-7(22-12-3-2-9(15)5-10(12)16)13-11(17)4-8(6-21-13)14(18,19)20/h2-7H,1H3/t7-/m0/s1. The van der Waals surface area contributed by atoms with E-state index in [-0.39, 0.29) is 15.7 Å². The fourth-order valence-corrected chi connectivity index (χ4v) is 2.49. The van der Waals surface area contributed by atoms with E-state index in [0.29, 0.717) is 17.0 Å². The van der Waals surface area contributed by atoms with Crippen molar-refractivity contribution in [2.24, 2.45) is 0 Å². The Kier molecular flexibility index (Phi) is 5.10. The maximum Gasteiger partial charge on any atom is 0.417 e. The molecule has 0 radical (unpaired) electrons. The highest BCUT2D eigenvalue weighted by atomic mass is 35.5. The van der Waals surface area contributed by atoms with Crippen LogP contribution in [0.15, 0.2) is 30.5 Å². The van der Waals surface area contributed by atoms with Crippen LogP contribution in [-0.2, 0) is 6.18 Å². The van der Waals surface area contributed by atoms with E-state index in [1.54, 1.807) is 19.1 Å². The number of alkyl halides is 3. The average Bonchev–Trinajstić information content (AvgIpc) is 2.40. The van der Waals surface area contributed by atoms with E-state index in [1.807, 2.05) is 0 Å². The number of rotatable bonds is 3. The molecule has 1 atom stereocenters. The summed E-state index contributed by atoms with van der Waals surface area (Å²) in [5.41, 5.74) is -0.737. The average molecular weight is 371 g/mol. The third kappa shape index (κ3) is 3.97. The maximum atomic E-state index is 12.6. The second kappa shape index (κ2) is 6.52. The summed E-state index contributed by atoms with van der Waals surface area (Å²) < 4.78 is 43.3. The minimum Gasteiger partial charge on any atom is -0.483 e. The van der Waals surface area contributed by atoms with Crippen LogP contribution in [0.4, 0.5) is 13.2 Å². The fourth-order valence-electron chi connectivity index (χ4n) is 1.72. The highest BCUT2D eigenvalue weighted by Crippen LogP contribution is 2.35. The van der Waals surface area contributed by atoms with Crippen LogP contribution in [0.3, 0.4) is 0 Å². The Bertz CT molecular complexity index is 692. The Hall–Kier alpha value is -1.17. The zero-order valence-corrected chi connectivity index (χ0v) is 13.4. The highest BCUT2D eigenvalue weighted by molar-refractivity contribution is 6.35. The van der Waals surface area contributed by atoms with Crippen LogP contribution >= 0.6 is 34.8 Å². The van der Waals surface area contributed by atoms with Crippen LogP contribution in [-0.4, -0.2) is 4.98 Å². The lowest BCUT2D eigenvalue weighted by atomic mass is 10.2. The molecule has 118 valence electrons. The Balaban J connectivity index is 2.24. The molecule has 1 aromatic carbocycles. The van der Waals surface area contributed by atoms with Gasteiger partial charge in [-0.25, -0.2) is 0 Å². The lowest BCUT2D eigenvalue weighted by Gasteiger charge is -2.17. The summed E-state index contributed by atoms with van der Waals surface area (Å²) in [7, 11) is 0. The molecule has 0 spiro atoms. The van der Waals surface area contributed by atoms with Crippen molar-refractivity contribution in [2.45, 2.75) is 19.2 Å². The second-order valence-electron chi connectivity index (χ2n) is 4.42. The van der Waals surface area contributed by atoms with Crippen molar-refractivity contribution in [1.29, 1.82) is 0 Å². The fraction of sp³-hybridized carbons (Fsp3) is 0.214. The van der Waals surface area contributed by atoms with Gasteiger partial charge in [0, 0.05) is 11.2 Å². The van der Waals surface area contributed by atoms with E-state index < -0.39 is 17.8 Å². The summed E-state index contributed by atoms with van der Waals surface area (Å²) in [6.45, 7) is 1.60. The lowest BCUT2D eigenvalue weighted by Crippen LogP contribution is -2.10. The first kappa shape index (κ1) is 17.2. The largest absolute Gasteiger partial charge is 0.483 e. The summed E-state index contributed by atoms with van der Waals surface area (Å²) in [4.78, 5) is 3.74. The van der Waals surface area contributed by atoms with Crippen LogP contribution < -0.4 is 4.74 Å². The molecule has 0 aliphatic rings. The molecule has 22 heavy (non-hydrogen) atoms. The van der Waals surface area contributed by atoms with E-state index in [2.05, 4.69) is 4.98 Å². The monoisotopic (exact) mass is 369 g/mol. The van der Waals surface area contributed by atoms with Crippen molar-refractivity contribution >= 4 is 34.8 Å². The number of aromatic nitrogens is 1. The topological polar surface area (TPSA) is 22.1 Å². The Morgan fingerprint density at radius 2 is 1.77 bits per heavy atom. The molecule has 0 bridgehead atoms. The van der Waals surface area contributed by atoms with E-state index >= 15 is 0 Å². The van der Waals surface area contributed by atoms with Crippen LogP contribution in [0.5, 0.6) is 5.75 Å². The number of halogens is 6. The van der Waals surface area contributed by atoms with Crippen LogP contribution in [0.2, 0.25) is 15.1 Å². The predicted octanol–water partition coefficient (Wildman–Crippen LogP) is 6.20. The smallest absolute Gasteiger partial charge is 0.417 e. The van der Waals surface area contributed by atoms with Gasteiger partial charge >= 0.3 is 6.18 Å². The van der Waals surface area contributed by atoms with Gasteiger partial charge in [-0.15, -0.1) is 0 Å². The van der Waals surface area contributed by atoms with E-state index in [1.165, 1.54) is 6.07 Å². The van der Waals surface area contributed by atoms with Gasteiger partial charge in [0.2, 0.25) is 0 Å². The number of hydrogen-bond donors (Lipinski definition) is 0. The molecule has 0 saturated carbocycles. The molecular formula is C14H9Cl3F3NO. The molecule has 0 aliphatic heterocycles. The quantitative estimate of drug-likeness (QED) is 0.641. The minimum atomic E-state index is -4.50. The summed E-state index contributed by atoms with van der Waals surface area (Å²) in [5, 5.41) is 0.588. The van der Waals surface area contributed by atoms with Gasteiger partial charge < -0.3 is 4.74 Å². The van der Waals surface area contributed by atoms with E-state index in [0.717, 1.165) is 6.07 Å². The molecule has 2 rings (SSSR count). The van der Waals surface area contributed by atoms with Crippen LogP contribution in [0, 0.1) is 0 Å².